The van der Waals surface area contributed by atoms with Crippen LogP contribution in [-0.2, 0) is 30.7 Å². The number of carbonyl (C=O) groups is 2. The molecule has 41 heavy (non-hydrogen) atoms. The Kier molecular flexibility index (Phi) is 9.57. The molecule has 1 heterocycles. The maximum atomic E-state index is 13.1. The van der Waals surface area contributed by atoms with Gasteiger partial charge in [-0.3, -0.25) is 4.79 Å². The standard InChI is InChI=1S/C32H29N3O5S/c1-3-7-23-14-21(16-27(39-4-2)29(23)40-19-20-10-12-22(13-11-20)32(37)38)15-24(17-33)30(36)35-31-26(18-34)25-8-5-6-9-28(25)41-31/h3,10-16H,1,4-9,19H2,2H3,(H,35,36)(H,37,38)/b24-15+. The zero-order chi connectivity index (χ0) is 29.4. The quantitative estimate of drug-likeness (QED) is 0.155. The zero-order valence-corrected chi connectivity index (χ0v) is 23.5. The molecule has 4 rings (SSSR count). The summed E-state index contributed by atoms with van der Waals surface area (Å²) in [6.45, 7) is 6.21. The van der Waals surface area contributed by atoms with Crippen molar-refractivity contribution in [3.05, 3.63) is 92.9 Å². The van der Waals surface area contributed by atoms with E-state index in [-0.39, 0.29) is 17.7 Å². The molecule has 3 aromatic rings. The van der Waals surface area contributed by atoms with E-state index in [0.717, 1.165) is 47.3 Å². The first-order valence-corrected chi connectivity index (χ1v) is 14.0. The summed E-state index contributed by atoms with van der Waals surface area (Å²) in [5.74, 6) is -0.651. The lowest BCUT2D eigenvalue weighted by atomic mass is 9.96. The maximum Gasteiger partial charge on any atom is 0.335 e. The molecule has 0 fully saturated rings. The first kappa shape index (κ1) is 29.1. The van der Waals surface area contributed by atoms with Crippen molar-refractivity contribution >= 4 is 34.3 Å². The Morgan fingerprint density at radius 2 is 1.90 bits per heavy atom. The van der Waals surface area contributed by atoms with E-state index in [2.05, 4.69) is 18.0 Å². The summed E-state index contributed by atoms with van der Waals surface area (Å²) in [5, 5.41) is 31.9. The van der Waals surface area contributed by atoms with Crippen molar-refractivity contribution in [2.24, 2.45) is 0 Å². The van der Waals surface area contributed by atoms with Crippen molar-refractivity contribution in [3.63, 3.8) is 0 Å². The lowest BCUT2D eigenvalue weighted by molar-refractivity contribution is -0.112. The van der Waals surface area contributed by atoms with Gasteiger partial charge in [0.2, 0.25) is 0 Å². The maximum absolute atomic E-state index is 13.1. The first-order valence-electron chi connectivity index (χ1n) is 13.2. The van der Waals surface area contributed by atoms with Crippen LogP contribution >= 0.6 is 11.3 Å². The molecule has 9 heteroatoms. The van der Waals surface area contributed by atoms with E-state index < -0.39 is 11.9 Å². The van der Waals surface area contributed by atoms with Crippen LogP contribution in [0.15, 0.2) is 54.6 Å². The molecule has 0 spiro atoms. The highest BCUT2D eigenvalue weighted by atomic mass is 32.1. The van der Waals surface area contributed by atoms with Gasteiger partial charge in [-0.25, -0.2) is 4.79 Å². The minimum absolute atomic E-state index is 0.112. The number of anilines is 1. The largest absolute Gasteiger partial charge is 0.490 e. The minimum atomic E-state index is -1.00. The second-order valence-corrected chi connectivity index (χ2v) is 10.5. The number of fused-ring (bicyclic) bond motifs is 1. The lowest BCUT2D eigenvalue weighted by Crippen LogP contribution is -2.13. The molecule has 2 aromatic carbocycles. The summed E-state index contributed by atoms with van der Waals surface area (Å²) >= 11 is 1.41. The van der Waals surface area contributed by atoms with Crippen LogP contribution in [0.2, 0.25) is 0 Å². The van der Waals surface area contributed by atoms with E-state index in [4.69, 9.17) is 14.6 Å². The summed E-state index contributed by atoms with van der Waals surface area (Å²) in [5.41, 5.74) is 3.66. The Morgan fingerprint density at radius 3 is 2.56 bits per heavy atom. The number of ether oxygens (including phenoxy) is 2. The molecular formula is C32H29N3O5S. The fourth-order valence-electron chi connectivity index (χ4n) is 4.66. The van der Waals surface area contributed by atoms with Gasteiger partial charge in [-0.2, -0.15) is 10.5 Å². The Morgan fingerprint density at radius 1 is 1.15 bits per heavy atom. The summed E-state index contributed by atoms with van der Waals surface area (Å²) in [6, 6.07) is 14.1. The van der Waals surface area contributed by atoms with Gasteiger partial charge in [0.15, 0.2) is 11.5 Å². The fraction of sp³-hybridized carbons (Fsp3) is 0.250. The molecule has 1 amide bonds. The van der Waals surface area contributed by atoms with Gasteiger partial charge in [0, 0.05) is 10.4 Å². The smallest absolute Gasteiger partial charge is 0.335 e. The predicted octanol–water partition coefficient (Wildman–Crippen LogP) is 6.45. The molecule has 208 valence electrons. The monoisotopic (exact) mass is 567 g/mol. The molecule has 0 unspecified atom stereocenters. The van der Waals surface area contributed by atoms with Gasteiger partial charge in [0.25, 0.3) is 5.91 Å². The van der Waals surface area contributed by atoms with E-state index in [9.17, 15) is 20.1 Å². The van der Waals surface area contributed by atoms with Crippen molar-refractivity contribution in [1.29, 1.82) is 10.5 Å². The Hall–Kier alpha value is -4.86. The molecule has 0 bridgehead atoms. The minimum Gasteiger partial charge on any atom is -0.490 e. The van der Waals surface area contributed by atoms with Crippen molar-refractivity contribution < 1.29 is 24.2 Å². The Balaban J connectivity index is 1.62. The second kappa shape index (κ2) is 13.5. The number of aryl methyl sites for hydroxylation is 1. The lowest BCUT2D eigenvalue weighted by Gasteiger charge is -2.17. The van der Waals surface area contributed by atoms with E-state index in [0.29, 0.717) is 40.7 Å². The fourth-order valence-corrected chi connectivity index (χ4v) is 5.89. The number of nitrogens with one attached hydrogen (secondary N) is 1. The van der Waals surface area contributed by atoms with Gasteiger partial charge in [-0.05, 0) is 86.1 Å². The van der Waals surface area contributed by atoms with Gasteiger partial charge >= 0.3 is 5.97 Å². The van der Waals surface area contributed by atoms with Crippen LogP contribution in [0, 0.1) is 22.7 Å². The third-order valence-electron chi connectivity index (χ3n) is 6.59. The van der Waals surface area contributed by atoms with Crippen molar-refractivity contribution in [2.75, 3.05) is 11.9 Å². The molecule has 1 aromatic heterocycles. The molecule has 1 aliphatic carbocycles. The topological polar surface area (TPSA) is 132 Å². The van der Waals surface area contributed by atoms with Gasteiger partial charge < -0.3 is 19.9 Å². The van der Waals surface area contributed by atoms with Gasteiger partial charge in [-0.15, -0.1) is 17.9 Å². The number of rotatable bonds is 11. The number of hydrogen-bond donors (Lipinski definition) is 2. The predicted molar refractivity (Wildman–Crippen MR) is 157 cm³/mol. The summed E-state index contributed by atoms with van der Waals surface area (Å²) < 4.78 is 12.0. The molecule has 0 atom stereocenters. The van der Waals surface area contributed by atoms with E-state index >= 15 is 0 Å². The number of amides is 1. The van der Waals surface area contributed by atoms with Crippen LogP contribution in [0.1, 0.15) is 62.8 Å². The van der Waals surface area contributed by atoms with Gasteiger partial charge in [0.1, 0.15) is 29.3 Å². The van der Waals surface area contributed by atoms with Gasteiger partial charge in [-0.1, -0.05) is 18.2 Å². The molecule has 0 aliphatic heterocycles. The summed E-state index contributed by atoms with van der Waals surface area (Å²) in [7, 11) is 0. The van der Waals surface area contributed by atoms with E-state index in [1.807, 2.05) is 19.1 Å². The first-order chi connectivity index (χ1) is 19.9. The zero-order valence-electron chi connectivity index (χ0n) is 22.7. The van der Waals surface area contributed by atoms with Crippen LogP contribution in [0.25, 0.3) is 6.08 Å². The average Bonchev–Trinajstić information content (AvgIpc) is 3.32. The summed E-state index contributed by atoms with van der Waals surface area (Å²) in [4.78, 5) is 25.4. The van der Waals surface area contributed by atoms with Crippen LogP contribution < -0.4 is 14.8 Å². The van der Waals surface area contributed by atoms with Crippen molar-refractivity contribution in [2.45, 2.75) is 45.6 Å². The number of allylic oxidation sites excluding steroid dienone is 1. The molecule has 8 nitrogen and oxygen atoms in total. The van der Waals surface area contributed by atoms with E-state index in [1.165, 1.54) is 29.5 Å². The molecule has 0 saturated heterocycles. The molecule has 0 radical (unpaired) electrons. The number of carbonyl (C=O) groups excluding carboxylic acids is 1. The second-order valence-electron chi connectivity index (χ2n) is 9.37. The average molecular weight is 568 g/mol. The number of aromatic carboxylic acids is 1. The molecule has 1 aliphatic rings. The van der Waals surface area contributed by atoms with Crippen molar-refractivity contribution in [1.82, 2.24) is 0 Å². The normalized spacial score (nSPS) is 12.4. The van der Waals surface area contributed by atoms with Crippen LogP contribution in [0.3, 0.4) is 0 Å². The van der Waals surface area contributed by atoms with Crippen LogP contribution in [0.4, 0.5) is 5.00 Å². The number of carboxylic acid groups (broad SMARTS) is 1. The number of nitrogens with zero attached hydrogens (tertiary/aromatic N) is 2. The number of thiophene rings is 1. The SMILES string of the molecule is C=CCc1cc(/C=C(\C#N)C(=O)Nc2sc3c(c2C#N)CCCC3)cc(OCC)c1OCc1ccc(C(=O)O)cc1. The summed E-state index contributed by atoms with van der Waals surface area (Å²) in [6.07, 6.45) is 7.42. The Bertz CT molecular complexity index is 1590. The van der Waals surface area contributed by atoms with Crippen LogP contribution in [-0.4, -0.2) is 23.6 Å². The number of carboxylic acids is 1. The Labute approximate surface area is 242 Å². The highest BCUT2D eigenvalue weighted by molar-refractivity contribution is 7.16. The van der Waals surface area contributed by atoms with Crippen LogP contribution in [0.5, 0.6) is 11.5 Å². The van der Waals surface area contributed by atoms with Gasteiger partial charge in [0.05, 0.1) is 17.7 Å². The third kappa shape index (κ3) is 6.84. The molecular weight excluding hydrogens is 538 g/mol. The van der Waals surface area contributed by atoms with Crippen molar-refractivity contribution in [3.8, 4) is 23.6 Å². The van der Waals surface area contributed by atoms with E-state index in [1.54, 1.807) is 24.3 Å². The third-order valence-corrected chi connectivity index (χ3v) is 7.80. The molecule has 2 N–H and O–H groups in total. The molecule has 0 saturated carbocycles. The number of benzene rings is 2. The number of hydrogen-bond acceptors (Lipinski definition) is 7. The highest BCUT2D eigenvalue weighted by Crippen LogP contribution is 2.38. The highest BCUT2D eigenvalue weighted by Gasteiger charge is 2.23. The number of nitriles is 2.